The van der Waals surface area contributed by atoms with Crippen molar-refractivity contribution in [3.63, 3.8) is 0 Å². The number of hydrogen-bond acceptors (Lipinski definition) is 6. The number of nitrogens with zero attached hydrogens (tertiary/aromatic N) is 2. The summed E-state index contributed by atoms with van der Waals surface area (Å²) in [6.45, 7) is -0.365. The Hall–Kier alpha value is -1.22. The number of ether oxygens (including phenoxy) is 1. The fourth-order valence-corrected chi connectivity index (χ4v) is 2.95. The van der Waals surface area contributed by atoms with Gasteiger partial charge in [-0.25, -0.2) is 0 Å². The lowest BCUT2D eigenvalue weighted by Gasteiger charge is -2.50. The van der Waals surface area contributed by atoms with E-state index >= 15 is 0 Å². The second kappa shape index (κ2) is 6.72. The van der Waals surface area contributed by atoms with Crippen molar-refractivity contribution in [2.75, 3.05) is 27.3 Å². The summed E-state index contributed by atoms with van der Waals surface area (Å²) in [6.07, 6.45) is 0. The Labute approximate surface area is 146 Å². The molecular weight excluding hydrogens is 336 g/mol. The standard InChI is InChI=1S/C15H20N2O4S2/c1-16-13(20)15(23,17(2)12(19)14(16,22)9-18)10-21-8-11-6-4-3-5-7-11/h3-7,18,22-23H,8-10H2,1-2H3/t14-,15?/m0/s1. The van der Waals surface area contributed by atoms with Crippen LogP contribution in [0.15, 0.2) is 30.3 Å². The number of likely N-dealkylation sites (N-methyl/N-ethyl adjacent to an activating group) is 2. The van der Waals surface area contributed by atoms with Crippen LogP contribution in [0.1, 0.15) is 5.56 Å². The average molecular weight is 356 g/mol. The first kappa shape index (κ1) is 18.1. The van der Waals surface area contributed by atoms with Crippen LogP contribution < -0.4 is 0 Å². The number of hydrogen-bond donors (Lipinski definition) is 3. The highest BCUT2D eigenvalue weighted by Gasteiger charge is 2.58. The molecule has 1 aliphatic heterocycles. The maximum Gasteiger partial charge on any atom is 0.262 e. The Morgan fingerprint density at radius 1 is 1.04 bits per heavy atom. The maximum atomic E-state index is 12.6. The van der Waals surface area contributed by atoms with Crippen LogP contribution in [0.2, 0.25) is 0 Å². The van der Waals surface area contributed by atoms with E-state index < -0.39 is 28.2 Å². The highest BCUT2D eigenvalue weighted by atomic mass is 32.1. The summed E-state index contributed by atoms with van der Waals surface area (Å²) >= 11 is 8.57. The molecule has 0 aliphatic carbocycles. The number of aliphatic hydroxyl groups is 1. The third-order valence-corrected chi connectivity index (χ3v) is 5.29. The van der Waals surface area contributed by atoms with E-state index in [0.717, 1.165) is 10.5 Å². The third kappa shape index (κ3) is 3.08. The van der Waals surface area contributed by atoms with Crippen LogP contribution in [0, 0.1) is 0 Å². The van der Waals surface area contributed by atoms with E-state index in [4.69, 9.17) is 4.74 Å². The molecule has 0 aromatic heterocycles. The van der Waals surface area contributed by atoms with Crippen molar-refractivity contribution in [1.29, 1.82) is 0 Å². The van der Waals surface area contributed by atoms with E-state index in [1.807, 2.05) is 30.3 Å². The van der Waals surface area contributed by atoms with E-state index in [9.17, 15) is 14.7 Å². The molecule has 0 radical (unpaired) electrons. The predicted octanol–water partition coefficient (Wildman–Crippen LogP) is 0.378. The van der Waals surface area contributed by atoms with Gasteiger partial charge in [-0.15, -0.1) is 25.3 Å². The molecule has 8 heteroatoms. The fourth-order valence-electron chi connectivity index (χ4n) is 2.38. The molecule has 1 fully saturated rings. The number of amides is 2. The summed E-state index contributed by atoms with van der Waals surface area (Å²) in [5.41, 5.74) is 0.953. The van der Waals surface area contributed by atoms with Crippen molar-refractivity contribution in [2.45, 2.75) is 16.3 Å². The van der Waals surface area contributed by atoms with Crippen molar-refractivity contribution in [2.24, 2.45) is 0 Å². The van der Waals surface area contributed by atoms with Gasteiger partial charge in [0.2, 0.25) is 0 Å². The summed E-state index contributed by atoms with van der Waals surface area (Å²) in [7, 11) is 2.87. The zero-order valence-corrected chi connectivity index (χ0v) is 14.8. The predicted molar refractivity (Wildman–Crippen MR) is 92.2 cm³/mol. The van der Waals surface area contributed by atoms with Crippen molar-refractivity contribution in [3.8, 4) is 0 Å². The Morgan fingerprint density at radius 2 is 1.57 bits per heavy atom. The lowest BCUT2D eigenvalue weighted by Crippen LogP contribution is -2.73. The number of aliphatic hydroxyl groups excluding tert-OH is 1. The van der Waals surface area contributed by atoms with Crippen molar-refractivity contribution >= 4 is 37.1 Å². The molecule has 2 atom stereocenters. The minimum absolute atomic E-state index is 0.0777. The second-order valence-corrected chi connectivity index (χ2v) is 6.98. The summed E-state index contributed by atoms with van der Waals surface area (Å²) in [5, 5.41) is 9.45. The van der Waals surface area contributed by atoms with E-state index in [1.54, 1.807) is 0 Å². The van der Waals surface area contributed by atoms with Gasteiger partial charge in [-0.2, -0.15) is 0 Å². The molecule has 2 amide bonds. The SMILES string of the molecule is CN1C(=O)[C@@](S)(CO)N(C)C(=O)C1(S)COCc1ccccc1. The number of benzene rings is 1. The summed E-state index contributed by atoms with van der Waals surface area (Å²) in [4.78, 5) is 24.4. The molecule has 6 nitrogen and oxygen atoms in total. The lowest BCUT2D eigenvalue weighted by molar-refractivity contribution is -0.168. The normalized spacial score (nSPS) is 28.4. The number of carbonyl (C=O) groups excluding carboxylic acids is 2. The van der Waals surface area contributed by atoms with Crippen LogP contribution in [0.5, 0.6) is 0 Å². The first-order valence-electron chi connectivity index (χ1n) is 7.01. The molecule has 1 saturated heterocycles. The van der Waals surface area contributed by atoms with Gasteiger partial charge in [0.25, 0.3) is 11.8 Å². The first-order chi connectivity index (χ1) is 10.8. The Bertz CT molecular complexity index is 600. The molecule has 1 aromatic carbocycles. The Morgan fingerprint density at radius 3 is 2.13 bits per heavy atom. The van der Waals surface area contributed by atoms with Crippen molar-refractivity contribution in [3.05, 3.63) is 35.9 Å². The largest absolute Gasteiger partial charge is 0.392 e. The summed E-state index contributed by atoms with van der Waals surface area (Å²) in [5.74, 6) is -0.969. The zero-order valence-electron chi connectivity index (χ0n) is 13.0. The number of rotatable bonds is 5. The molecule has 1 aliphatic rings. The van der Waals surface area contributed by atoms with Gasteiger partial charge in [-0.1, -0.05) is 30.3 Å². The van der Waals surface area contributed by atoms with Crippen LogP contribution in [0.4, 0.5) is 0 Å². The van der Waals surface area contributed by atoms with Gasteiger partial charge in [0, 0.05) is 14.1 Å². The minimum Gasteiger partial charge on any atom is -0.392 e. The van der Waals surface area contributed by atoms with E-state index in [2.05, 4.69) is 25.3 Å². The number of carbonyl (C=O) groups is 2. The molecule has 1 aromatic rings. The van der Waals surface area contributed by atoms with Gasteiger partial charge in [-0.3, -0.25) is 9.59 Å². The quantitative estimate of drug-likeness (QED) is 0.667. The molecule has 126 valence electrons. The maximum absolute atomic E-state index is 12.6. The van der Waals surface area contributed by atoms with Crippen molar-refractivity contribution < 1.29 is 19.4 Å². The van der Waals surface area contributed by atoms with Crippen LogP contribution in [0.25, 0.3) is 0 Å². The third-order valence-electron chi connectivity index (χ3n) is 4.04. The highest BCUT2D eigenvalue weighted by Crippen LogP contribution is 2.36. The van der Waals surface area contributed by atoms with Crippen molar-refractivity contribution in [1.82, 2.24) is 9.80 Å². The topological polar surface area (TPSA) is 70.1 Å². The molecule has 0 saturated carbocycles. The van der Waals surface area contributed by atoms with Crippen LogP contribution in [0.3, 0.4) is 0 Å². The van der Waals surface area contributed by atoms with Crippen LogP contribution >= 0.6 is 25.3 Å². The molecular formula is C15H20N2O4S2. The van der Waals surface area contributed by atoms with Gasteiger partial charge in [0.05, 0.1) is 19.8 Å². The molecule has 2 rings (SSSR count). The summed E-state index contributed by atoms with van der Waals surface area (Å²) in [6, 6.07) is 9.48. The molecule has 1 heterocycles. The zero-order chi connectivity index (χ0) is 17.3. The molecule has 1 unspecified atom stereocenters. The Balaban J connectivity index is 2.13. The van der Waals surface area contributed by atoms with Crippen LogP contribution in [-0.2, 0) is 20.9 Å². The number of piperazine rings is 1. The Kier molecular flexibility index (Phi) is 5.30. The minimum atomic E-state index is -1.59. The smallest absolute Gasteiger partial charge is 0.262 e. The molecule has 0 spiro atoms. The molecule has 0 bridgehead atoms. The monoisotopic (exact) mass is 356 g/mol. The van der Waals surface area contributed by atoms with Gasteiger partial charge in [-0.05, 0) is 5.56 Å². The van der Waals surface area contributed by atoms with Gasteiger partial charge >= 0.3 is 0 Å². The average Bonchev–Trinajstić information content (AvgIpc) is 2.58. The van der Waals surface area contributed by atoms with Gasteiger partial charge < -0.3 is 19.6 Å². The lowest BCUT2D eigenvalue weighted by atomic mass is 10.1. The number of thiol groups is 2. The van der Waals surface area contributed by atoms with E-state index in [1.165, 1.54) is 19.0 Å². The molecule has 23 heavy (non-hydrogen) atoms. The first-order valence-corrected chi connectivity index (χ1v) is 7.90. The van der Waals surface area contributed by atoms with Crippen LogP contribution in [-0.4, -0.2) is 63.8 Å². The van der Waals surface area contributed by atoms with Gasteiger partial charge in [0.15, 0.2) is 9.74 Å². The molecule has 1 N–H and O–H groups in total. The highest BCUT2D eigenvalue weighted by molar-refractivity contribution is 7.83. The second-order valence-electron chi connectivity index (χ2n) is 5.50. The van der Waals surface area contributed by atoms with E-state index in [-0.39, 0.29) is 6.61 Å². The fraction of sp³-hybridized carbons (Fsp3) is 0.467. The summed E-state index contributed by atoms with van der Waals surface area (Å²) < 4.78 is 5.60. The van der Waals surface area contributed by atoms with E-state index in [0.29, 0.717) is 6.61 Å². The van der Waals surface area contributed by atoms with Gasteiger partial charge in [0.1, 0.15) is 0 Å².